The van der Waals surface area contributed by atoms with Crippen molar-refractivity contribution in [1.29, 1.82) is 0 Å². The van der Waals surface area contributed by atoms with Crippen molar-refractivity contribution >= 4 is 5.78 Å². The van der Waals surface area contributed by atoms with E-state index >= 15 is 0 Å². The van der Waals surface area contributed by atoms with Crippen molar-refractivity contribution in [3.8, 4) is 0 Å². The Labute approximate surface area is 203 Å². The zero-order valence-corrected chi connectivity index (χ0v) is 21.4. The molecule has 4 fully saturated rings. The molecule has 4 N–H and O–H groups in total. The summed E-state index contributed by atoms with van der Waals surface area (Å²) in [6.45, 7) is 12.4. The van der Waals surface area contributed by atoms with Crippen LogP contribution in [0.5, 0.6) is 0 Å². The molecule has 5 aliphatic rings. The van der Waals surface area contributed by atoms with Crippen molar-refractivity contribution in [2.75, 3.05) is 0 Å². The molecule has 3 saturated carbocycles. The molecule has 0 radical (unpaired) electrons. The van der Waals surface area contributed by atoms with Gasteiger partial charge in [0.2, 0.25) is 0 Å². The van der Waals surface area contributed by atoms with E-state index in [2.05, 4.69) is 20.8 Å². The van der Waals surface area contributed by atoms with Gasteiger partial charge in [-0.05, 0) is 42.6 Å². The van der Waals surface area contributed by atoms with Crippen LogP contribution in [0.4, 0.5) is 0 Å². The van der Waals surface area contributed by atoms with E-state index in [1.165, 1.54) is 0 Å². The lowest BCUT2D eigenvalue weighted by Gasteiger charge is -2.58. The van der Waals surface area contributed by atoms with Crippen molar-refractivity contribution < 1.29 is 30.0 Å². The molecule has 0 aromatic heterocycles. The Morgan fingerprint density at radius 3 is 2.38 bits per heavy atom. The number of hydrogen-bond donors (Lipinski definition) is 4. The number of aliphatic hydroxyl groups excluding tert-OH is 3. The fraction of sp³-hybridized carbons (Fsp3) is 0.821. The molecule has 1 heterocycles. The van der Waals surface area contributed by atoms with Crippen molar-refractivity contribution in [3.05, 3.63) is 23.3 Å². The van der Waals surface area contributed by atoms with Gasteiger partial charge in [0.05, 0.1) is 35.9 Å². The highest BCUT2D eigenvalue weighted by molar-refractivity contribution is 5.93. The van der Waals surface area contributed by atoms with Crippen LogP contribution in [0, 0.1) is 40.4 Å². The van der Waals surface area contributed by atoms with E-state index in [0.29, 0.717) is 36.7 Å². The second-order valence-corrected chi connectivity index (χ2v) is 12.8. The minimum Gasteiger partial charge on any atom is -0.393 e. The van der Waals surface area contributed by atoms with E-state index in [-0.39, 0.29) is 30.3 Å². The van der Waals surface area contributed by atoms with Crippen LogP contribution in [0.25, 0.3) is 0 Å². The molecule has 1 unspecified atom stereocenters. The summed E-state index contributed by atoms with van der Waals surface area (Å²) in [5.74, 6) is -0.660. The van der Waals surface area contributed by atoms with Gasteiger partial charge in [-0.1, -0.05) is 59.3 Å². The first-order chi connectivity index (χ1) is 15.8. The van der Waals surface area contributed by atoms with Crippen molar-refractivity contribution in [3.63, 3.8) is 0 Å². The SMILES string of the molecule is CC(C)C(C)[C@@H]1O[C@@H]1[C@@H](C)[C@H]1[C@@H](O)C[C@]2(O)C3=CC=C4C[C@@H](O)CC[C@]4(C)[C@H]3C(=O)[C@@H](O)[C@]12C. The highest BCUT2D eigenvalue weighted by Gasteiger charge is 2.74. The maximum Gasteiger partial charge on any atom is 0.170 e. The molecule has 6 nitrogen and oxygen atoms in total. The number of carbonyl (C=O) groups is 1. The third-order valence-electron chi connectivity index (χ3n) is 10.9. The summed E-state index contributed by atoms with van der Waals surface area (Å²) in [5.41, 5.74) is -1.60. The zero-order chi connectivity index (χ0) is 25.0. The maximum absolute atomic E-state index is 13.9. The smallest absolute Gasteiger partial charge is 0.170 e. The van der Waals surface area contributed by atoms with Gasteiger partial charge in [-0.3, -0.25) is 4.79 Å². The van der Waals surface area contributed by atoms with Crippen molar-refractivity contribution in [1.82, 2.24) is 0 Å². The molecule has 4 aliphatic carbocycles. The molecular formula is C28H42O6. The third-order valence-corrected chi connectivity index (χ3v) is 10.9. The monoisotopic (exact) mass is 474 g/mol. The number of aliphatic hydroxyl groups is 4. The fourth-order valence-electron chi connectivity index (χ4n) is 8.36. The molecule has 0 bridgehead atoms. The average molecular weight is 475 g/mol. The standard InChI is InChI=1S/C28H42O6/c1-13(2)14(3)23-24(34-23)15(4)20-19(30)12-28(33)18-8-7-16-11-17(29)9-10-26(16,5)21(18)22(31)25(32)27(20,28)6/h7-8,13-15,17,19-21,23-25,29-30,32-33H,9-12H2,1-6H3/t14?,15-,17-,19-,20-,21+,23-,24+,25+,26-,27-,28-/m0/s1. The Morgan fingerprint density at radius 1 is 1.06 bits per heavy atom. The van der Waals surface area contributed by atoms with Crippen LogP contribution >= 0.6 is 0 Å². The lowest BCUT2D eigenvalue weighted by atomic mass is 9.47. The topological polar surface area (TPSA) is 111 Å². The molecule has 12 atom stereocenters. The third kappa shape index (κ3) is 3.02. The van der Waals surface area contributed by atoms with Crippen LogP contribution in [0.2, 0.25) is 0 Å². The number of ketones is 1. The molecule has 6 heteroatoms. The lowest BCUT2D eigenvalue weighted by molar-refractivity contribution is -0.177. The Kier molecular flexibility index (Phi) is 5.60. The van der Waals surface area contributed by atoms with Gasteiger partial charge in [-0.15, -0.1) is 0 Å². The first-order valence-electron chi connectivity index (χ1n) is 13.2. The van der Waals surface area contributed by atoms with Crippen LogP contribution < -0.4 is 0 Å². The molecular weight excluding hydrogens is 432 g/mol. The van der Waals surface area contributed by atoms with E-state index in [4.69, 9.17) is 4.74 Å². The maximum atomic E-state index is 13.9. The number of carbonyl (C=O) groups excluding carboxylic acids is 1. The normalized spacial score (nSPS) is 51.7. The Bertz CT molecular complexity index is 939. The van der Waals surface area contributed by atoms with E-state index in [1.54, 1.807) is 6.92 Å². The van der Waals surface area contributed by atoms with Gasteiger partial charge in [0.1, 0.15) is 6.10 Å². The van der Waals surface area contributed by atoms with E-state index in [9.17, 15) is 25.2 Å². The summed E-state index contributed by atoms with van der Waals surface area (Å²) in [5, 5.41) is 45.5. The van der Waals surface area contributed by atoms with Crippen LogP contribution in [0.3, 0.4) is 0 Å². The molecule has 190 valence electrons. The van der Waals surface area contributed by atoms with Crippen LogP contribution in [-0.4, -0.2) is 62.3 Å². The zero-order valence-electron chi connectivity index (χ0n) is 21.4. The molecule has 0 aromatic rings. The molecule has 1 saturated heterocycles. The summed E-state index contributed by atoms with van der Waals surface area (Å²) in [7, 11) is 0. The summed E-state index contributed by atoms with van der Waals surface area (Å²) in [6, 6.07) is 0. The van der Waals surface area contributed by atoms with E-state index in [1.807, 2.05) is 26.0 Å². The van der Waals surface area contributed by atoms with Crippen molar-refractivity contribution in [2.24, 2.45) is 40.4 Å². The quantitative estimate of drug-likeness (QED) is 0.467. The second kappa shape index (κ2) is 7.72. The second-order valence-electron chi connectivity index (χ2n) is 12.8. The van der Waals surface area contributed by atoms with Crippen LogP contribution in [0.1, 0.15) is 67.2 Å². The van der Waals surface area contributed by atoms with Crippen LogP contribution in [0.15, 0.2) is 23.3 Å². The minimum atomic E-state index is -1.49. The average Bonchev–Trinajstić information content (AvgIpc) is 3.53. The minimum absolute atomic E-state index is 0.0552. The summed E-state index contributed by atoms with van der Waals surface area (Å²) in [4.78, 5) is 13.9. The molecule has 34 heavy (non-hydrogen) atoms. The predicted octanol–water partition coefficient (Wildman–Crippen LogP) is 2.78. The van der Waals surface area contributed by atoms with Crippen molar-refractivity contribution in [2.45, 2.75) is 103 Å². The van der Waals surface area contributed by atoms with Gasteiger partial charge in [0.25, 0.3) is 0 Å². The van der Waals surface area contributed by atoms with Gasteiger partial charge in [-0.25, -0.2) is 0 Å². The number of allylic oxidation sites excluding steroid dienone is 2. The fourth-order valence-corrected chi connectivity index (χ4v) is 8.36. The highest BCUT2D eigenvalue weighted by atomic mass is 16.6. The number of ether oxygens (including phenoxy) is 1. The lowest BCUT2D eigenvalue weighted by Crippen LogP contribution is -2.66. The number of Topliss-reactive ketones (excluding diaryl/α,β-unsaturated/α-hetero) is 1. The molecule has 5 rings (SSSR count). The molecule has 1 aliphatic heterocycles. The van der Waals surface area contributed by atoms with E-state index < -0.39 is 46.6 Å². The molecule has 0 amide bonds. The highest BCUT2D eigenvalue weighted by Crippen LogP contribution is 2.67. The van der Waals surface area contributed by atoms with Gasteiger partial charge < -0.3 is 25.2 Å². The van der Waals surface area contributed by atoms with Gasteiger partial charge in [0.15, 0.2) is 5.78 Å². The Morgan fingerprint density at radius 2 is 1.74 bits per heavy atom. The summed E-state index contributed by atoms with van der Waals surface area (Å²) in [6.07, 6.45) is 3.01. The Balaban J connectivity index is 1.54. The first-order valence-corrected chi connectivity index (χ1v) is 13.2. The van der Waals surface area contributed by atoms with Gasteiger partial charge >= 0.3 is 0 Å². The number of epoxide rings is 1. The number of hydrogen-bond acceptors (Lipinski definition) is 6. The molecule has 0 spiro atoms. The summed E-state index contributed by atoms with van der Waals surface area (Å²) >= 11 is 0. The van der Waals surface area contributed by atoms with E-state index in [0.717, 1.165) is 5.57 Å². The van der Waals surface area contributed by atoms with Crippen LogP contribution in [-0.2, 0) is 9.53 Å². The van der Waals surface area contributed by atoms with Gasteiger partial charge in [-0.2, -0.15) is 0 Å². The number of rotatable bonds is 4. The first kappa shape index (κ1) is 24.6. The largest absolute Gasteiger partial charge is 0.393 e. The Hall–Kier alpha value is -1.05. The number of fused-ring (bicyclic) bond motifs is 5. The summed E-state index contributed by atoms with van der Waals surface area (Å²) < 4.78 is 6.08. The predicted molar refractivity (Wildman–Crippen MR) is 128 cm³/mol. The van der Waals surface area contributed by atoms with Gasteiger partial charge in [0, 0.05) is 23.2 Å². The molecule has 0 aromatic carbocycles.